The number of nitrogens with one attached hydrogen (secondary N) is 1. The highest BCUT2D eigenvalue weighted by Gasteiger charge is 2.20. The number of hydrogen-bond acceptors (Lipinski definition) is 4. The van der Waals surface area contributed by atoms with Gasteiger partial charge in [0.1, 0.15) is 11.5 Å². The van der Waals surface area contributed by atoms with Gasteiger partial charge in [0.2, 0.25) is 0 Å². The Morgan fingerprint density at radius 1 is 1.16 bits per heavy atom. The minimum atomic E-state index is -0.208. The van der Waals surface area contributed by atoms with E-state index in [1.54, 1.807) is 4.90 Å². The standard InChI is InChI=1S/C13H19N3O3/c1-2-15-3-5-16(6-4-15)13(19)14-10-7-11(17)9-12(18)8-10/h7-9,17-18H,2-6H2,1H3,(H,14,19). The summed E-state index contributed by atoms with van der Waals surface area (Å²) in [5, 5.41) is 21.4. The Labute approximate surface area is 112 Å². The molecule has 1 fully saturated rings. The van der Waals surface area contributed by atoms with Crippen LogP contribution in [0.5, 0.6) is 11.5 Å². The van der Waals surface area contributed by atoms with Crippen molar-refractivity contribution in [1.29, 1.82) is 0 Å². The second-order valence-corrected chi connectivity index (χ2v) is 4.59. The topological polar surface area (TPSA) is 76.0 Å². The summed E-state index contributed by atoms with van der Waals surface area (Å²) in [4.78, 5) is 16.0. The molecule has 6 heteroatoms. The minimum Gasteiger partial charge on any atom is -0.508 e. The van der Waals surface area contributed by atoms with E-state index in [2.05, 4.69) is 17.1 Å². The molecule has 0 spiro atoms. The van der Waals surface area contributed by atoms with Gasteiger partial charge in [0.15, 0.2) is 0 Å². The summed E-state index contributed by atoms with van der Waals surface area (Å²) in [6, 6.07) is 3.82. The van der Waals surface area contributed by atoms with Crippen molar-refractivity contribution in [2.24, 2.45) is 0 Å². The number of phenolic OH excluding ortho intramolecular Hbond substituents is 2. The van der Waals surface area contributed by atoms with Crippen LogP contribution in [0.1, 0.15) is 6.92 Å². The number of carbonyl (C=O) groups excluding carboxylic acids is 1. The lowest BCUT2D eigenvalue weighted by Crippen LogP contribution is -2.49. The van der Waals surface area contributed by atoms with Crippen LogP contribution in [0, 0.1) is 0 Å². The molecular formula is C13H19N3O3. The second-order valence-electron chi connectivity index (χ2n) is 4.59. The van der Waals surface area contributed by atoms with Crippen LogP contribution in [0.3, 0.4) is 0 Å². The predicted octanol–water partition coefficient (Wildman–Crippen LogP) is 1.27. The first-order valence-electron chi connectivity index (χ1n) is 6.40. The molecule has 1 aromatic carbocycles. The van der Waals surface area contributed by atoms with Gasteiger partial charge in [-0.3, -0.25) is 0 Å². The van der Waals surface area contributed by atoms with Gasteiger partial charge in [-0.1, -0.05) is 6.92 Å². The van der Waals surface area contributed by atoms with Crippen LogP contribution in [-0.2, 0) is 0 Å². The highest BCUT2D eigenvalue weighted by molar-refractivity contribution is 5.89. The maximum atomic E-state index is 12.0. The van der Waals surface area contributed by atoms with Gasteiger partial charge in [-0.2, -0.15) is 0 Å². The van der Waals surface area contributed by atoms with Crippen LogP contribution in [0.4, 0.5) is 10.5 Å². The number of phenols is 2. The molecule has 0 saturated carbocycles. The van der Waals surface area contributed by atoms with Crippen molar-refractivity contribution in [3.8, 4) is 11.5 Å². The Balaban J connectivity index is 1.94. The zero-order valence-electron chi connectivity index (χ0n) is 11.0. The van der Waals surface area contributed by atoms with Gasteiger partial charge in [-0.05, 0) is 6.54 Å². The number of aromatic hydroxyl groups is 2. The number of nitrogens with zero attached hydrogens (tertiary/aromatic N) is 2. The maximum absolute atomic E-state index is 12.0. The third kappa shape index (κ3) is 3.51. The zero-order valence-corrected chi connectivity index (χ0v) is 11.0. The van der Waals surface area contributed by atoms with Gasteiger partial charge >= 0.3 is 6.03 Å². The van der Waals surface area contributed by atoms with Crippen LogP contribution in [0.15, 0.2) is 18.2 Å². The smallest absolute Gasteiger partial charge is 0.321 e. The quantitative estimate of drug-likeness (QED) is 0.752. The lowest BCUT2D eigenvalue weighted by Gasteiger charge is -2.33. The van der Waals surface area contributed by atoms with E-state index in [-0.39, 0.29) is 17.5 Å². The molecule has 1 saturated heterocycles. The minimum absolute atomic E-state index is 0.0777. The first kappa shape index (κ1) is 13.5. The fourth-order valence-corrected chi connectivity index (χ4v) is 2.14. The number of rotatable bonds is 2. The van der Waals surface area contributed by atoms with Crippen LogP contribution in [-0.4, -0.2) is 58.8 Å². The number of urea groups is 1. The van der Waals surface area contributed by atoms with Crippen molar-refractivity contribution in [1.82, 2.24) is 9.80 Å². The summed E-state index contributed by atoms with van der Waals surface area (Å²) in [6.45, 7) is 6.21. The predicted molar refractivity (Wildman–Crippen MR) is 72.5 cm³/mol. The van der Waals surface area contributed by atoms with Gasteiger partial charge in [0.25, 0.3) is 0 Å². The van der Waals surface area contributed by atoms with Gasteiger partial charge in [0, 0.05) is 50.1 Å². The monoisotopic (exact) mass is 265 g/mol. The molecule has 1 heterocycles. The number of hydrogen-bond donors (Lipinski definition) is 3. The van der Waals surface area contributed by atoms with Crippen molar-refractivity contribution >= 4 is 11.7 Å². The molecule has 104 valence electrons. The normalized spacial score (nSPS) is 16.4. The van der Waals surface area contributed by atoms with E-state index >= 15 is 0 Å². The molecule has 0 aromatic heterocycles. The molecule has 1 aliphatic heterocycles. The Bertz CT molecular complexity index is 436. The third-order valence-electron chi connectivity index (χ3n) is 3.26. The molecule has 0 unspecified atom stereocenters. The molecule has 1 aliphatic rings. The SMILES string of the molecule is CCN1CCN(C(=O)Nc2cc(O)cc(O)c2)CC1. The molecule has 6 nitrogen and oxygen atoms in total. The molecule has 19 heavy (non-hydrogen) atoms. The molecule has 0 aliphatic carbocycles. The van der Waals surface area contributed by atoms with Gasteiger partial charge in [0.05, 0.1) is 0 Å². The summed E-state index contributed by atoms with van der Waals surface area (Å²) in [7, 11) is 0. The molecule has 2 rings (SSSR count). The summed E-state index contributed by atoms with van der Waals surface area (Å²) in [5.74, 6) is -0.155. The summed E-state index contributed by atoms with van der Waals surface area (Å²) in [5.41, 5.74) is 0.389. The fourth-order valence-electron chi connectivity index (χ4n) is 2.14. The van der Waals surface area contributed by atoms with Crippen LogP contribution >= 0.6 is 0 Å². The molecular weight excluding hydrogens is 246 g/mol. The average Bonchev–Trinajstić information content (AvgIpc) is 2.37. The molecule has 2 amide bonds. The number of piperazine rings is 1. The molecule has 0 radical (unpaired) electrons. The Kier molecular flexibility index (Phi) is 4.11. The highest BCUT2D eigenvalue weighted by Crippen LogP contribution is 2.24. The average molecular weight is 265 g/mol. The molecule has 3 N–H and O–H groups in total. The largest absolute Gasteiger partial charge is 0.508 e. The van der Waals surface area contributed by atoms with Gasteiger partial charge in [-0.15, -0.1) is 0 Å². The molecule has 0 bridgehead atoms. The van der Waals surface area contributed by atoms with Crippen molar-refractivity contribution in [2.45, 2.75) is 6.92 Å². The van der Waals surface area contributed by atoms with E-state index in [4.69, 9.17) is 0 Å². The van der Waals surface area contributed by atoms with Crippen molar-refractivity contribution in [3.05, 3.63) is 18.2 Å². The fraction of sp³-hybridized carbons (Fsp3) is 0.462. The van der Waals surface area contributed by atoms with E-state index in [9.17, 15) is 15.0 Å². The summed E-state index contributed by atoms with van der Waals surface area (Å²) < 4.78 is 0. The van der Waals surface area contributed by atoms with E-state index < -0.39 is 0 Å². The zero-order chi connectivity index (χ0) is 13.8. The van der Waals surface area contributed by atoms with Gasteiger partial charge < -0.3 is 25.3 Å². The van der Waals surface area contributed by atoms with E-state index in [1.807, 2.05) is 0 Å². The Morgan fingerprint density at radius 3 is 2.26 bits per heavy atom. The maximum Gasteiger partial charge on any atom is 0.321 e. The van der Waals surface area contributed by atoms with Crippen LogP contribution < -0.4 is 5.32 Å². The lowest BCUT2D eigenvalue weighted by atomic mass is 10.3. The van der Waals surface area contributed by atoms with Gasteiger partial charge in [-0.25, -0.2) is 4.79 Å². The van der Waals surface area contributed by atoms with Crippen LogP contribution in [0.25, 0.3) is 0 Å². The van der Waals surface area contributed by atoms with E-state index in [0.29, 0.717) is 18.8 Å². The van der Waals surface area contributed by atoms with Crippen molar-refractivity contribution < 1.29 is 15.0 Å². The molecule has 1 aromatic rings. The summed E-state index contributed by atoms with van der Waals surface area (Å²) in [6.07, 6.45) is 0. The number of anilines is 1. The molecule has 0 atom stereocenters. The third-order valence-corrected chi connectivity index (χ3v) is 3.26. The number of benzene rings is 1. The van der Waals surface area contributed by atoms with Crippen LogP contribution in [0.2, 0.25) is 0 Å². The Hall–Kier alpha value is -1.95. The lowest BCUT2D eigenvalue weighted by molar-refractivity contribution is 0.151. The second kappa shape index (κ2) is 5.79. The number of amides is 2. The first-order valence-corrected chi connectivity index (χ1v) is 6.40. The first-order chi connectivity index (χ1) is 9.08. The van der Waals surface area contributed by atoms with Crippen molar-refractivity contribution in [3.63, 3.8) is 0 Å². The highest BCUT2D eigenvalue weighted by atomic mass is 16.3. The Morgan fingerprint density at radius 2 is 1.74 bits per heavy atom. The number of likely N-dealkylation sites (N-methyl/N-ethyl adjacent to an activating group) is 1. The summed E-state index contributed by atoms with van der Waals surface area (Å²) >= 11 is 0. The van der Waals surface area contributed by atoms with E-state index in [1.165, 1.54) is 18.2 Å². The van der Waals surface area contributed by atoms with Crippen molar-refractivity contribution in [2.75, 3.05) is 38.0 Å². The number of carbonyl (C=O) groups is 1. The van der Waals surface area contributed by atoms with E-state index in [0.717, 1.165) is 19.6 Å².